The number of nitrogens with one attached hydrogen (secondary N) is 1. The minimum atomic E-state index is -3.60. The molecule has 0 spiro atoms. The number of benzene rings is 1. The van der Waals surface area contributed by atoms with E-state index in [4.69, 9.17) is 22.4 Å². The number of hydrogen-bond donors (Lipinski definition) is 2. The highest BCUT2D eigenvalue weighted by Gasteiger charge is 2.19. The summed E-state index contributed by atoms with van der Waals surface area (Å²) in [5, 5.41) is 0. The van der Waals surface area contributed by atoms with Gasteiger partial charge >= 0.3 is 0 Å². The number of sulfonamides is 1. The predicted molar refractivity (Wildman–Crippen MR) is 84.4 cm³/mol. The summed E-state index contributed by atoms with van der Waals surface area (Å²) in [6.07, 6.45) is 1.95. The van der Waals surface area contributed by atoms with Crippen LogP contribution in [-0.4, -0.2) is 13.4 Å². The molecule has 0 bridgehead atoms. The van der Waals surface area contributed by atoms with Crippen LogP contribution >= 0.6 is 12.2 Å². The van der Waals surface area contributed by atoms with E-state index in [0.717, 1.165) is 5.56 Å². The molecule has 1 unspecified atom stereocenters. The lowest BCUT2D eigenvalue weighted by molar-refractivity contribution is 0.459. The standard InChI is InChI=1S/C14H16N2O3S2/c1-10(13-3-2-8-19-13)16-21(17,18)12-6-4-11(5-7-12)9-14(15)20/h2-8,10,16H,9H2,1H3,(H2,15,20). The molecule has 0 aliphatic rings. The topological polar surface area (TPSA) is 85.3 Å². The minimum absolute atomic E-state index is 0.188. The molecule has 112 valence electrons. The third-order valence-corrected chi connectivity index (χ3v) is 4.61. The first kappa shape index (κ1) is 15.7. The van der Waals surface area contributed by atoms with Crippen molar-refractivity contribution in [3.05, 3.63) is 54.0 Å². The van der Waals surface area contributed by atoms with E-state index in [0.29, 0.717) is 17.2 Å². The lowest BCUT2D eigenvalue weighted by Crippen LogP contribution is -2.26. The van der Waals surface area contributed by atoms with Gasteiger partial charge in [0, 0.05) is 6.42 Å². The average molecular weight is 324 g/mol. The van der Waals surface area contributed by atoms with Crippen LogP contribution in [0, 0.1) is 0 Å². The molecule has 2 aromatic rings. The Morgan fingerprint density at radius 1 is 1.33 bits per heavy atom. The molecule has 0 amide bonds. The zero-order valence-electron chi connectivity index (χ0n) is 11.4. The Bertz CT molecular complexity index is 707. The first-order valence-electron chi connectivity index (χ1n) is 6.31. The van der Waals surface area contributed by atoms with Crippen molar-refractivity contribution in [1.29, 1.82) is 0 Å². The van der Waals surface area contributed by atoms with Crippen LogP contribution in [0.5, 0.6) is 0 Å². The Morgan fingerprint density at radius 2 is 2.00 bits per heavy atom. The van der Waals surface area contributed by atoms with Gasteiger partial charge < -0.3 is 10.2 Å². The second-order valence-corrected chi connectivity index (χ2v) is 6.88. The normalized spacial score (nSPS) is 13.0. The van der Waals surface area contributed by atoms with E-state index in [1.54, 1.807) is 31.2 Å². The maximum atomic E-state index is 12.3. The van der Waals surface area contributed by atoms with E-state index in [2.05, 4.69) is 4.72 Å². The average Bonchev–Trinajstić information content (AvgIpc) is 2.92. The fraction of sp³-hybridized carbons (Fsp3) is 0.214. The van der Waals surface area contributed by atoms with Gasteiger partial charge in [-0.25, -0.2) is 13.1 Å². The summed E-state index contributed by atoms with van der Waals surface area (Å²) in [6.45, 7) is 1.72. The molecule has 21 heavy (non-hydrogen) atoms. The van der Waals surface area contributed by atoms with Crippen LogP contribution in [0.1, 0.15) is 24.3 Å². The second-order valence-electron chi connectivity index (χ2n) is 4.65. The van der Waals surface area contributed by atoms with Gasteiger partial charge in [0.2, 0.25) is 10.0 Å². The quantitative estimate of drug-likeness (QED) is 0.795. The summed E-state index contributed by atoms with van der Waals surface area (Å²) in [7, 11) is -3.60. The van der Waals surface area contributed by atoms with Crippen molar-refractivity contribution >= 4 is 27.2 Å². The maximum Gasteiger partial charge on any atom is 0.241 e. The predicted octanol–water partition coefficient (Wildman–Crippen LogP) is 2.15. The third kappa shape index (κ3) is 4.13. The van der Waals surface area contributed by atoms with Gasteiger partial charge in [-0.3, -0.25) is 0 Å². The van der Waals surface area contributed by atoms with Gasteiger partial charge in [-0.1, -0.05) is 24.4 Å². The van der Waals surface area contributed by atoms with E-state index in [1.807, 2.05) is 0 Å². The minimum Gasteiger partial charge on any atom is -0.468 e. The molecule has 2 rings (SSSR count). The Labute approximate surface area is 129 Å². The third-order valence-electron chi connectivity index (χ3n) is 2.91. The maximum absolute atomic E-state index is 12.3. The van der Waals surface area contributed by atoms with Crippen LogP contribution in [0.4, 0.5) is 0 Å². The monoisotopic (exact) mass is 324 g/mol. The highest BCUT2D eigenvalue weighted by molar-refractivity contribution is 7.89. The molecule has 0 aliphatic heterocycles. The lowest BCUT2D eigenvalue weighted by atomic mass is 10.1. The van der Waals surface area contributed by atoms with Gasteiger partial charge in [0.05, 0.1) is 22.2 Å². The van der Waals surface area contributed by atoms with Crippen molar-refractivity contribution in [2.24, 2.45) is 5.73 Å². The fourth-order valence-corrected chi connectivity index (χ4v) is 3.26. The van der Waals surface area contributed by atoms with Crippen LogP contribution in [0.25, 0.3) is 0 Å². The molecule has 3 N–H and O–H groups in total. The van der Waals surface area contributed by atoms with Crippen LogP contribution < -0.4 is 10.5 Å². The highest BCUT2D eigenvalue weighted by atomic mass is 32.2. The molecule has 0 saturated carbocycles. The second kappa shape index (κ2) is 6.38. The molecular formula is C14H16N2O3S2. The van der Waals surface area contributed by atoms with Crippen molar-refractivity contribution in [2.45, 2.75) is 24.3 Å². The smallest absolute Gasteiger partial charge is 0.241 e. The van der Waals surface area contributed by atoms with Crippen molar-refractivity contribution in [3.8, 4) is 0 Å². The molecule has 0 fully saturated rings. The summed E-state index contributed by atoms with van der Waals surface area (Å²) in [5.74, 6) is 0.559. The highest BCUT2D eigenvalue weighted by Crippen LogP contribution is 2.17. The Balaban J connectivity index is 2.14. The van der Waals surface area contributed by atoms with E-state index in [-0.39, 0.29) is 4.90 Å². The Kier molecular flexibility index (Phi) is 4.76. The van der Waals surface area contributed by atoms with Gasteiger partial charge in [0.25, 0.3) is 0 Å². The first-order valence-corrected chi connectivity index (χ1v) is 8.20. The first-order chi connectivity index (χ1) is 9.88. The molecule has 1 heterocycles. The number of rotatable bonds is 6. The number of furan rings is 1. The molecular weight excluding hydrogens is 308 g/mol. The van der Waals surface area contributed by atoms with E-state index in [1.165, 1.54) is 18.4 Å². The fourth-order valence-electron chi connectivity index (χ4n) is 1.88. The lowest BCUT2D eigenvalue weighted by Gasteiger charge is -2.12. The summed E-state index contributed by atoms with van der Waals surface area (Å²) in [5.41, 5.74) is 6.33. The van der Waals surface area contributed by atoms with Gasteiger partial charge in [0.1, 0.15) is 5.76 Å². The molecule has 1 aromatic heterocycles. The van der Waals surface area contributed by atoms with Crippen molar-refractivity contribution in [3.63, 3.8) is 0 Å². The van der Waals surface area contributed by atoms with Crippen LogP contribution in [0.3, 0.4) is 0 Å². The van der Waals surface area contributed by atoms with Crippen molar-refractivity contribution in [1.82, 2.24) is 4.72 Å². The summed E-state index contributed by atoms with van der Waals surface area (Å²) < 4.78 is 32.3. The van der Waals surface area contributed by atoms with Crippen molar-refractivity contribution < 1.29 is 12.8 Å². The molecule has 1 aromatic carbocycles. The van der Waals surface area contributed by atoms with Gasteiger partial charge in [-0.2, -0.15) is 0 Å². The molecule has 0 saturated heterocycles. The molecule has 1 atom stereocenters. The van der Waals surface area contributed by atoms with Gasteiger partial charge in [-0.15, -0.1) is 0 Å². The molecule has 5 nitrogen and oxygen atoms in total. The SMILES string of the molecule is CC(NS(=O)(=O)c1ccc(CC(N)=S)cc1)c1ccco1. The molecule has 0 aliphatic carbocycles. The van der Waals surface area contributed by atoms with E-state index < -0.39 is 16.1 Å². The number of thiocarbonyl (C=S) groups is 1. The zero-order valence-corrected chi connectivity index (χ0v) is 13.1. The zero-order chi connectivity index (χ0) is 15.5. The van der Waals surface area contributed by atoms with Crippen LogP contribution in [-0.2, 0) is 16.4 Å². The number of hydrogen-bond acceptors (Lipinski definition) is 4. The van der Waals surface area contributed by atoms with E-state index in [9.17, 15) is 8.42 Å². The van der Waals surface area contributed by atoms with Crippen molar-refractivity contribution in [2.75, 3.05) is 0 Å². The molecule has 0 radical (unpaired) electrons. The van der Waals surface area contributed by atoms with Crippen LogP contribution in [0.15, 0.2) is 52.0 Å². The summed E-state index contributed by atoms with van der Waals surface area (Å²) in [6, 6.07) is 9.45. The Morgan fingerprint density at radius 3 is 2.52 bits per heavy atom. The molecule has 7 heteroatoms. The van der Waals surface area contributed by atoms with Gasteiger partial charge in [-0.05, 0) is 36.8 Å². The summed E-state index contributed by atoms with van der Waals surface area (Å²) in [4.78, 5) is 0.558. The van der Waals surface area contributed by atoms with E-state index >= 15 is 0 Å². The van der Waals surface area contributed by atoms with Crippen LogP contribution in [0.2, 0.25) is 0 Å². The van der Waals surface area contributed by atoms with Gasteiger partial charge in [0.15, 0.2) is 0 Å². The largest absolute Gasteiger partial charge is 0.468 e. The summed E-state index contributed by atoms with van der Waals surface area (Å²) >= 11 is 4.82. The Hall–Kier alpha value is -1.70. The number of nitrogens with two attached hydrogens (primary N) is 1.